The van der Waals surface area contributed by atoms with Gasteiger partial charge < -0.3 is 9.72 Å². The van der Waals surface area contributed by atoms with Crippen molar-refractivity contribution < 1.29 is 4.74 Å². The third-order valence-corrected chi connectivity index (χ3v) is 4.32. The maximum Gasteiger partial charge on any atom is 0.215 e. The molecular formula is C14H19N3OS. The van der Waals surface area contributed by atoms with E-state index in [9.17, 15) is 0 Å². The molecule has 2 aromatic heterocycles. The van der Waals surface area contributed by atoms with Gasteiger partial charge in [0.1, 0.15) is 0 Å². The standard InChI is InChI=1S/C14H19N3OS/c1-9-4-3-5-10(8-9)17-13-11(15-14(17)19)6-7-12(16-13)18-2/h6-7,9-10H,3-5,8H2,1-2H3,(H,15,19). The normalized spacial score (nSPS) is 23.7. The van der Waals surface area contributed by atoms with E-state index in [4.69, 9.17) is 17.0 Å². The maximum absolute atomic E-state index is 5.48. The van der Waals surface area contributed by atoms with Gasteiger partial charge in [0.15, 0.2) is 10.4 Å². The number of hydrogen-bond acceptors (Lipinski definition) is 3. The van der Waals surface area contributed by atoms with Crippen molar-refractivity contribution in [3.8, 4) is 5.88 Å². The summed E-state index contributed by atoms with van der Waals surface area (Å²) < 4.78 is 8.18. The van der Waals surface area contributed by atoms with E-state index in [1.807, 2.05) is 12.1 Å². The zero-order chi connectivity index (χ0) is 13.4. The molecule has 19 heavy (non-hydrogen) atoms. The van der Waals surface area contributed by atoms with Crippen LogP contribution in [0.1, 0.15) is 38.6 Å². The summed E-state index contributed by atoms with van der Waals surface area (Å²) in [5, 5.41) is 0. The van der Waals surface area contributed by atoms with Crippen LogP contribution in [-0.4, -0.2) is 21.6 Å². The molecule has 0 aromatic carbocycles. The lowest BCUT2D eigenvalue weighted by Gasteiger charge is -2.27. The molecule has 0 aliphatic heterocycles. The number of nitrogens with zero attached hydrogens (tertiary/aromatic N) is 2. The summed E-state index contributed by atoms with van der Waals surface area (Å²) in [5.74, 6) is 1.40. The van der Waals surface area contributed by atoms with Crippen LogP contribution in [0.3, 0.4) is 0 Å². The van der Waals surface area contributed by atoms with Crippen molar-refractivity contribution in [2.75, 3.05) is 7.11 Å². The average molecular weight is 277 g/mol. The Morgan fingerprint density at radius 3 is 3.00 bits per heavy atom. The molecule has 2 unspecified atom stereocenters. The van der Waals surface area contributed by atoms with Crippen molar-refractivity contribution >= 4 is 23.4 Å². The van der Waals surface area contributed by atoms with Crippen LogP contribution in [0, 0.1) is 10.7 Å². The molecule has 1 fully saturated rings. The van der Waals surface area contributed by atoms with Gasteiger partial charge in [-0.3, -0.25) is 4.57 Å². The molecule has 2 atom stereocenters. The van der Waals surface area contributed by atoms with E-state index in [2.05, 4.69) is 21.5 Å². The maximum atomic E-state index is 5.48. The van der Waals surface area contributed by atoms with Crippen molar-refractivity contribution in [3.05, 3.63) is 16.9 Å². The minimum absolute atomic E-state index is 0.463. The van der Waals surface area contributed by atoms with Crippen LogP contribution in [0.15, 0.2) is 12.1 Å². The van der Waals surface area contributed by atoms with Crippen molar-refractivity contribution in [1.29, 1.82) is 0 Å². The van der Waals surface area contributed by atoms with Gasteiger partial charge in [-0.15, -0.1) is 0 Å². The van der Waals surface area contributed by atoms with E-state index in [-0.39, 0.29) is 0 Å². The Morgan fingerprint density at radius 1 is 1.42 bits per heavy atom. The van der Waals surface area contributed by atoms with Crippen LogP contribution in [0.25, 0.3) is 11.2 Å². The Kier molecular flexibility index (Phi) is 3.31. The summed E-state index contributed by atoms with van der Waals surface area (Å²) in [6.07, 6.45) is 4.96. The number of H-pyrrole nitrogens is 1. The summed E-state index contributed by atoms with van der Waals surface area (Å²) >= 11 is 5.48. The third kappa shape index (κ3) is 2.27. The van der Waals surface area contributed by atoms with Crippen molar-refractivity contribution in [2.45, 2.75) is 38.6 Å². The molecule has 102 valence electrons. The topological polar surface area (TPSA) is 42.8 Å². The molecule has 1 aliphatic rings. The quantitative estimate of drug-likeness (QED) is 0.848. The van der Waals surface area contributed by atoms with Gasteiger partial charge in [0.2, 0.25) is 5.88 Å². The predicted molar refractivity (Wildman–Crippen MR) is 78.1 cm³/mol. The molecule has 0 spiro atoms. The van der Waals surface area contributed by atoms with E-state index < -0.39 is 0 Å². The van der Waals surface area contributed by atoms with Gasteiger partial charge in [-0.05, 0) is 37.0 Å². The van der Waals surface area contributed by atoms with Gasteiger partial charge in [-0.25, -0.2) is 0 Å². The number of rotatable bonds is 2. The number of imidazole rings is 1. The number of pyridine rings is 1. The highest BCUT2D eigenvalue weighted by Gasteiger charge is 2.23. The van der Waals surface area contributed by atoms with Gasteiger partial charge in [-0.2, -0.15) is 4.98 Å². The molecule has 0 radical (unpaired) electrons. The van der Waals surface area contributed by atoms with E-state index in [1.54, 1.807) is 7.11 Å². The highest BCUT2D eigenvalue weighted by molar-refractivity contribution is 7.71. The zero-order valence-corrected chi connectivity index (χ0v) is 12.2. The summed E-state index contributed by atoms with van der Waals surface area (Å²) in [7, 11) is 1.64. The van der Waals surface area contributed by atoms with E-state index in [1.165, 1.54) is 25.7 Å². The van der Waals surface area contributed by atoms with E-state index in [0.717, 1.165) is 21.9 Å². The van der Waals surface area contributed by atoms with Crippen molar-refractivity contribution in [1.82, 2.24) is 14.5 Å². The van der Waals surface area contributed by atoms with Gasteiger partial charge in [-0.1, -0.05) is 19.8 Å². The molecule has 0 amide bonds. The van der Waals surface area contributed by atoms with E-state index in [0.29, 0.717) is 11.9 Å². The predicted octanol–water partition coefficient (Wildman–Crippen LogP) is 3.85. The number of fused-ring (bicyclic) bond motifs is 1. The number of nitrogens with one attached hydrogen (secondary N) is 1. The molecule has 5 heteroatoms. The summed E-state index contributed by atoms with van der Waals surface area (Å²) in [6.45, 7) is 2.32. The number of methoxy groups -OCH3 is 1. The Bertz CT molecular complexity index is 646. The Labute approximate surface area is 117 Å². The number of ether oxygens (including phenoxy) is 1. The second-order valence-electron chi connectivity index (χ2n) is 5.45. The van der Waals surface area contributed by atoms with Gasteiger partial charge in [0, 0.05) is 12.1 Å². The monoisotopic (exact) mass is 277 g/mol. The van der Waals surface area contributed by atoms with Crippen LogP contribution >= 0.6 is 12.2 Å². The SMILES string of the molecule is COc1ccc2[nH]c(=S)n(C3CCCC(C)C3)c2n1. The van der Waals surface area contributed by atoms with Crippen LogP contribution in [0.2, 0.25) is 0 Å². The molecule has 2 aromatic rings. The number of hydrogen-bond donors (Lipinski definition) is 1. The molecule has 1 N–H and O–H groups in total. The van der Waals surface area contributed by atoms with Crippen LogP contribution in [0.5, 0.6) is 5.88 Å². The minimum Gasteiger partial charge on any atom is -0.481 e. The van der Waals surface area contributed by atoms with Gasteiger partial charge in [0.25, 0.3) is 0 Å². The Balaban J connectivity index is 2.10. The highest BCUT2D eigenvalue weighted by atomic mass is 32.1. The van der Waals surface area contributed by atoms with E-state index >= 15 is 0 Å². The fourth-order valence-electron chi connectivity index (χ4n) is 3.07. The molecule has 1 aliphatic carbocycles. The summed E-state index contributed by atoms with van der Waals surface area (Å²) in [6, 6.07) is 4.31. The minimum atomic E-state index is 0.463. The second kappa shape index (κ2) is 4.96. The van der Waals surface area contributed by atoms with Gasteiger partial charge in [0.05, 0.1) is 12.6 Å². The smallest absolute Gasteiger partial charge is 0.215 e. The highest BCUT2D eigenvalue weighted by Crippen LogP contribution is 2.34. The lowest BCUT2D eigenvalue weighted by Crippen LogP contribution is -2.18. The largest absolute Gasteiger partial charge is 0.481 e. The van der Waals surface area contributed by atoms with Crippen molar-refractivity contribution in [2.24, 2.45) is 5.92 Å². The second-order valence-corrected chi connectivity index (χ2v) is 5.84. The first-order valence-corrected chi connectivity index (χ1v) is 7.25. The van der Waals surface area contributed by atoms with Crippen LogP contribution in [-0.2, 0) is 0 Å². The lowest BCUT2D eigenvalue weighted by atomic mass is 9.87. The zero-order valence-electron chi connectivity index (χ0n) is 11.3. The molecule has 0 bridgehead atoms. The van der Waals surface area contributed by atoms with Crippen molar-refractivity contribution in [3.63, 3.8) is 0 Å². The fourth-order valence-corrected chi connectivity index (χ4v) is 3.42. The molecular weight excluding hydrogens is 258 g/mol. The molecule has 2 heterocycles. The average Bonchev–Trinajstić information content (AvgIpc) is 2.73. The summed E-state index contributed by atoms with van der Waals surface area (Å²) in [5.41, 5.74) is 1.91. The summed E-state index contributed by atoms with van der Waals surface area (Å²) in [4.78, 5) is 7.81. The molecule has 1 saturated carbocycles. The third-order valence-electron chi connectivity index (χ3n) is 4.02. The Hall–Kier alpha value is -1.36. The Morgan fingerprint density at radius 2 is 2.26 bits per heavy atom. The number of aromatic amines is 1. The first kappa shape index (κ1) is 12.7. The first-order chi connectivity index (χ1) is 9.19. The fraction of sp³-hybridized carbons (Fsp3) is 0.571. The lowest BCUT2D eigenvalue weighted by molar-refractivity contribution is 0.284. The van der Waals surface area contributed by atoms with Gasteiger partial charge >= 0.3 is 0 Å². The molecule has 4 nitrogen and oxygen atoms in total. The molecule has 3 rings (SSSR count). The number of aromatic nitrogens is 3. The molecule has 0 saturated heterocycles. The van der Waals surface area contributed by atoms with Crippen LogP contribution < -0.4 is 4.74 Å². The van der Waals surface area contributed by atoms with Crippen LogP contribution in [0.4, 0.5) is 0 Å². The first-order valence-electron chi connectivity index (χ1n) is 6.84.